The van der Waals surface area contributed by atoms with Gasteiger partial charge in [-0.3, -0.25) is 4.79 Å². The third-order valence-corrected chi connectivity index (χ3v) is 4.00. The van der Waals surface area contributed by atoms with Gasteiger partial charge in [0.05, 0.1) is 7.11 Å². The number of benzene rings is 2. The fourth-order valence-corrected chi connectivity index (χ4v) is 2.68. The van der Waals surface area contributed by atoms with Gasteiger partial charge >= 0.3 is 0 Å². The molecule has 0 bridgehead atoms. The standard InChI is InChI=1S/C17H19NO2S/c1-20-15-9-7-14(8-10-15)13-18-17(19)11-12-21-16-5-3-2-4-6-16/h2-10H,11-13H2,1H3,(H,18,19). The molecule has 0 aliphatic rings. The van der Waals surface area contributed by atoms with Crippen molar-refractivity contribution in [1.29, 1.82) is 0 Å². The van der Waals surface area contributed by atoms with Crippen molar-refractivity contribution in [2.75, 3.05) is 12.9 Å². The smallest absolute Gasteiger partial charge is 0.221 e. The van der Waals surface area contributed by atoms with Gasteiger partial charge in [-0.25, -0.2) is 0 Å². The number of thioether (sulfide) groups is 1. The molecule has 3 nitrogen and oxygen atoms in total. The molecule has 0 aliphatic carbocycles. The predicted molar refractivity (Wildman–Crippen MR) is 86.6 cm³/mol. The van der Waals surface area contributed by atoms with E-state index in [0.717, 1.165) is 17.1 Å². The predicted octanol–water partition coefficient (Wildman–Crippen LogP) is 3.49. The molecule has 4 heteroatoms. The van der Waals surface area contributed by atoms with Crippen molar-refractivity contribution in [1.82, 2.24) is 5.32 Å². The summed E-state index contributed by atoms with van der Waals surface area (Å²) in [4.78, 5) is 13.0. The van der Waals surface area contributed by atoms with E-state index < -0.39 is 0 Å². The number of methoxy groups -OCH3 is 1. The van der Waals surface area contributed by atoms with Crippen LogP contribution >= 0.6 is 11.8 Å². The molecule has 2 aromatic rings. The van der Waals surface area contributed by atoms with Crippen LogP contribution in [-0.4, -0.2) is 18.8 Å². The maximum absolute atomic E-state index is 11.8. The van der Waals surface area contributed by atoms with Crippen LogP contribution in [0.5, 0.6) is 5.75 Å². The van der Waals surface area contributed by atoms with Gasteiger partial charge < -0.3 is 10.1 Å². The number of carbonyl (C=O) groups is 1. The molecule has 0 aromatic heterocycles. The van der Waals surface area contributed by atoms with Gasteiger partial charge in [0.15, 0.2) is 0 Å². The molecule has 0 aliphatic heterocycles. The number of rotatable bonds is 7. The highest BCUT2D eigenvalue weighted by Crippen LogP contribution is 2.17. The van der Waals surface area contributed by atoms with Gasteiger partial charge in [-0.2, -0.15) is 0 Å². The molecule has 21 heavy (non-hydrogen) atoms. The van der Waals surface area contributed by atoms with Gasteiger partial charge in [0.25, 0.3) is 0 Å². The molecule has 0 heterocycles. The molecule has 110 valence electrons. The van der Waals surface area contributed by atoms with Crippen LogP contribution in [0.25, 0.3) is 0 Å². The first-order chi connectivity index (χ1) is 10.3. The minimum atomic E-state index is 0.0780. The summed E-state index contributed by atoms with van der Waals surface area (Å²) in [5.41, 5.74) is 1.07. The van der Waals surface area contributed by atoms with Gasteiger partial charge in [0.1, 0.15) is 5.75 Å². The number of ether oxygens (including phenoxy) is 1. The van der Waals surface area contributed by atoms with Crippen LogP contribution in [0.1, 0.15) is 12.0 Å². The summed E-state index contributed by atoms with van der Waals surface area (Å²) in [6.07, 6.45) is 0.524. The van der Waals surface area contributed by atoms with Crippen LogP contribution in [-0.2, 0) is 11.3 Å². The van der Waals surface area contributed by atoms with E-state index in [1.54, 1.807) is 18.9 Å². The molecule has 0 atom stereocenters. The Morgan fingerprint density at radius 2 is 1.81 bits per heavy atom. The second-order valence-electron chi connectivity index (χ2n) is 4.54. The highest BCUT2D eigenvalue weighted by molar-refractivity contribution is 7.99. The van der Waals surface area contributed by atoms with E-state index in [1.807, 2.05) is 42.5 Å². The van der Waals surface area contributed by atoms with Gasteiger partial charge in [-0.1, -0.05) is 30.3 Å². The number of amides is 1. The van der Waals surface area contributed by atoms with Crippen LogP contribution in [0, 0.1) is 0 Å². The molecule has 0 unspecified atom stereocenters. The van der Waals surface area contributed by atoms with Crippen LogP contribution in [0.4, 0.5) is 0 Å². The number of hydrogen-bond acceptors (Lipinski definition) is 3. The summed E-state index contributed by atoms with van der Waals surface area (Å²) < 4.78 is 5.10. The summed E-state index contributed by atoms with van der Waals surface area (Å²) in [6.45, 7) is 0.554. The molecule has 2 rings (SSSR count). The van der Waals surface area contributed by atoms with Crippen molar-refractivity contribution >= 4 is 17.7 Å². The van der Waals surface area contributed by atoms with Crippen molar-refractivity contribution in [3.8, 4) is 5.75 Å². The van der Waals surface area contributed by atoms with E-state index in [0.29, 0.717) is 13.0 Å². The lowest BCUT2D eigenvalue weighted by molar-refractivity contribution is -0.120. The molecule has 0 saturated heterocycles. The Kier molecular flexibility index (Phi) is 6.16. The Labute approximate surface area is 129 Å². The highest BCUT2D eigenvalue weighted by atomic mass is 32.2. The SMILES string of the molecule is COc1ccc(CNC(=O)CCSc2ccccc2)cc1. The highest BCUT2D eigenvalue weighted by Gasteiger charge is 2.02. The summed E-state index contributed by atoms with van der Waals surface area (Å²) >= 11 is 1.70. The van der Waals surface area contributed by atoms with Crippen LogP contribution in [0.2, 0.25) is 0 Å². The van der Waals surface area contributed by atoms with Gasteiger partial charge in [0.2, 0.25) is 5.91 Å². The molecule has 1 N–H and O–H groups in total. The quantitative estimate of drug-likeness (QED) is 0.796. The fourth-order valence-electron chi connectivity index (χ4n) is 1.81. The lowest BCUT2D eigenvalue weighted by atomic mass is 10.2. The number of hydrogen-bond donors (Lipinski definition) is 1. The second-order valence-corrected chi connectivity index (χ2v) is 5.70. The summed E-state index contributed by atoms with van der Waals surface area (Å²) in [6, 6.07) is 17.8. The zero-order valence-corrected chi connectivity index (χ0v) is 12.9. The monoisotopic (exact) mass is 301 g/mol. The average Bonchev–Trinajstić information content (AvgIpc) is 2.54. The third kappa shape index (κ3) is 5.52. The summed E-state index contributed by atoms with van der Waals surface area (Å²) in [5, 5.41) is 2.93. The fraction of sp³-hybridized carbons (Fsp3) is 0.235. The van der Waals surface area contributed by atoms with Crippen molar-refractivity contribution < 1.29 is 9.53 Å². The molecule has 0 fully saturated rings. The Bertz CT molecular complexity index is 555. The van der Waals surface area contributed by atoms with Crippen molar-refractivity contribution in [2.24, 2.45) is 0 Å². The third-order valence-electron chi connectivity index (χ3n) is 2.99. The first-order valence-corrected chi connectivity index (χ1v) is 7.84. The van der Waals surface area contributed by atoms with Gasteiger partial charge in [0, 0.05) is 23.6 Å². The Morgan fingerprint density at radius 1 is 1.10 bits per heavy atom. The topological polar surface area (TPSA) is 38.3 Å². The van der Waals surface area contributed by atoms with E-state index in [4.69, 9.17) is 4.74 Å². The number of carbonyl (C=O) groups excluding carboxylic acids is 1. The van der Waals surface area contributed by atoms with Crippen molar-refractivity contribution in [3.05, 3.63) is 60.2 Å². The normalized spacial score (nSPS) is 10.1. The molecule has 2 aromatic carbocycles. The lowest BCUT2D eigenvalue weighted by Crippen LogP contribution is -2.22. The zero-order valence-electron chi connectivity index (χ0n) is 12.0. The van der Waals surface area contributed by atoms with E-state index >= 15 is 0 Å². The Balaban J connectivity index is 1.67. The summed E-state index contributed by atoms with van der Waals surface area (Å²) in [5.74, 6) is 1.69. The van der Waals surface area contributed by atoms with Crippen LogP contribution < -0.4 is 10.1 Å². The molecule has 0 spiro atoms. The molecular formula is C17H19NO2S. The molecule has 0 saturated carbocycles. The van der Waals surface area contributed by atoms with Crippen LogP contribution in [0.3, 0.4) is 0 Å². The zero-order chi connectivity index (χ0) is 14.9. The van der Waals surface area contributed by atoms with E-state index in [1.165, 1.54) is 4.90 Å². The van der Waals surface area contributed by atoms with Crippen molar-refractivity contribution in [2.45, 2.75) is 17.9 Å². The van der Waals surface area contributed by atoms with Crippen LogP contribution in [0.15, 0.2) is 59.5 Å². The maximum atomic E-state index is 11.8. The molecular weight excluding hydrogens is 282 g/mol. The van der Waals surface area contributed by atoms with E-state index in [-0.39, 0.29) is 5.91 Å². The molecule has 1 amide bonds. The largest absolute Gasteiger partial charge is 0.497 e. The van der Waals surface area contributed by atoms with Gasteiger partial charge in [-0.05, 0) is 29.8 Å². The minimum absolute atomic E-state index is 0.0780. The minimum Gasteiger partial charge on any atom is -0.497 e. The van der Waals surface area contributed by atoms with E-state index in [2.05, 4.69) is 17.4 Å². The maximum Gasteiger partial charge on any atom is 0.221 e. The average molecular weight is 301 g/mol. The van der Waals surface area contributed by atoms with Gasteiger partial charge in [-0.15, -0.1) is 11.8 Å². The first-order valence-electron chi connectivity index (χ1n) is 6.85. The second kappa shape index (κ2) is 8.37. The van der Waals surface area contributed by atoms with E-state index in [9.17, 15) is 4.79 Å². The number of nitrogens with one attached hydrogen (secondary N) is 1. The summed E-state index contributed by atoms with van der Waals surface area (Å²) in [7, 11) is 1.64. The molecule has 0 radical (unpaired) electrons. The lowest BCUT2D eigenvalue weighted by Gasteiger charge is -2.06. The Hall–Kier alpha value is -1.94. The Morgan fingerprint density at radius 3 is 2.48 bits per heavy atom. The first kappa shape index (κ1) is 15.4. The van der Waals surface area contributed by atoms with Crippen molar-refractivity contribution in [3.63, 3.8) is 0 Å².